The Morgan fingerprint density at radius 1 is 1.10 bits per heavy atom. The van der Waals surface area contributed by atoms with E-state index < -0.39 is 5.66 Å². The summed E-state index contributed by atoms with van der Waals surface area (Å²) in [5.74, 6) is 0.646. The average molecular weight is 427 g/mol. The number of carbonyl (C=O) groups is 3. The van der Waals surface area contributed by atoms with Crippen LogP contribution in [0.4, 0.5) is 10.5 Å². The lowest BCUT2D eigenvalue weighted by atomic mass is 9.58. The van der Waals surface area contributed by atoms with Crippen molar-refractivity contribution in [2.75, 3.05) is 38.1 Å². The molecule has 1 spiro atoms. The van der Waals surface area contributed by atoms with Crippen LogP contribution in [0.15, 0.2) is 24.3 Å². The molecule has 4 fully saturated rings. The Bertz CT molecular complexity index is 897. The number of nitrogens with one attached hydrogen (secondary N) is 2. The highest BCUT2D eigenvalue weighted by Crippen LogP contribution is 2.52. The lowest BCUT2D eigenvalue weighted by molar-refractivity contribution is -0.144. The van der Waals surface area contributed by atoms with Gasteiger partial charge in [0.2, 0.25) is 5.91 Å². The van der Waals surface area contributed by atoms with Crippen LogP contribution in [-0.4, -0.2) is 66.2 Å². The summed E-state index contributed by atoms with van der Waals surface area (Å²) in [6, 6.07) is 7.63. The van der Waals surface area contributed by atoms with Crippen LogP contribution in [0.5, 0.6) is 0 Å². The molecule has 3 amide bonds. The molecule has 2 aliphatic heterocycles. The Kier molecular flexibility index (Phi) is 5.02. The molecule has 1 aromatic rings. The number of nitrogens with zero attached hydrogens (tertiary/aromatic N) is 2. The molecule has 2 heterocycles. The van der Waals surface area contributed by atoms with Crippen LogP contribution in [0, 0.1) is 17.8 Å². The predicted octanol–water partition coefficient (Wildman–Crippen LogP) is 2.28. The standard InChI is InChI=1S/C23H30N4O4/c1-2-31-22(30)27-11-9-26(10-12-27)21(29)18-13-16-8-7-15(18)14-23(16)24-19-6-4-3-5-17(19)20(28)25-23/h3-6,15-16,18,24H,2,7-14H2,1H3,(H,25,28)/t15-,16+,18-,23+/m0/s1. The minimum absolute atomic E-state index is 0.00519. The molecule has 5 aliphatic rings. The van der Waals surface area contributed by atoms with Crippen molar-refractivity contribution in [3.63, 3.8) is 0 Å². The molecule has 3 saturated carbocycles. The van der Waals surface area contributed by atoms with Gasteiger partial charge in [-0.1, -0.05) is 12.1 Å². The molecule has 0 aromatic heterocycles. The maximum Gasteiger partial charge on any atom is 0.409 e. The van der Waals surface area contributed by atoms with E-state index in [1.54, 1.807) is 11.8 Å². The van der Waals surface area contributed by atoms with E-state index in [1.807, 2.05) is 29.2 Å². The Morgan fingerprint density at radius 3 is 2.55 bits per heavy atom. The Hall–Kier alpha value is -2.77. The largest absolute Gasteiger partial charge is 0.450 e. The predicted molar refractivity (Wildman–Crippen MR) is 114 cm³/mol. The number of amides is 3. The monoisotopic (exact) mass is 426 g/mol. The lowest BCUT2D eigenvalue weighted by Crippen LogP contribution is -2.68. The summed E-state index contributed by atoms with van der Waals surface area (Å²) in [5, 5.41) is 6.88. The van der Waals surface area contributed by atoms with Gasteiger partial charge in [0.1, 0.15) is 5.66 Å². The van der Waals surface area contributed by atoms with E-state index in [1.165, 1.54) is 0 Å². The molecular formula is C23H30N4O4. The van der Waals surface area contributed by atoms with E-state index >= 15 is 0 Å². The van der Waals surface area contributed by atoms with Crippen LogP contribution in [-0.2, 0) is 9.53 Å². The van der Waals surface area contributed by atoms with Crippen molar-refractivity contribution in [2.24, 2.45) is 17.8 Å². The number of piperazine rings is 1. The first-order valence-corrected chi connectivity index (χ1v) is 11.4. The third-order valence-corrected chi connectivity index (χ3v) is 7.58. The highest BCUT2D eigenvalue weighted by molar-refractivity contribution is 6.02. The third-order valence-electron chi connectivity index (χ3n) is 7.58. The number of carbonyl (C=O) groups excluding carboxylic acids is 3. The summed E-state index contributed by atoms with van der Waals surface area (Å²) in [7, 11) is 0. The molecule has 1 aromatic carbocycles. The van der Waals surface area contributed by atoms with Crippen molar-refractivity contribution in [3.8, 4) is 0 Å². The zero-order chi connectivity index (χ0) is 21.6. The summed E-state index contributed by atoms with van der Waals surface area (Å²) < 4.78 is 5.07. The Labute approximate surface area is 182 Å². The molecule has 166 valence electrons. The van der Waals surface area contributed by atoms with Gasteiger partial charge in [0, 0.05) is 43.7 Å². The summed E-state index contributed by atoms with van der Waals surface area (Å²) in [6.07, 6.45) is 3.30. The first kappa shape index (κ1) is 20.2. The first-order valence-electron chi connectivity index (χ1n) is 11.4. The third kappa shape index (κ3) is 3.42. The molecule has 6 rings (SSSR count). The summed E-state index contributed by atoms with van der Waals surface area (Å²) in [4.78, 5) is 41.6. The van der Waals surface area contributed by atoms with Crippen LogP contribution in [0.2, 0.25) is 0 Å². The van der Waals surface area contributed by atoms with Gasteiger partial charge in [0.05, 0.1) is 12.2 Å². The fraction of sp³-hybridized carbons (Fsp3) is 0.609. The molecule has 8 nitrogen and oxygen atoms in total. The maximum absolute atomic E-state index is 13.4. The summed E-state index contributed by atoms with van der Waals surface area (Å²) >= 11 is 0. The Balaban J connectivity index is 1.25. The molecule has 2 N–H and O–H groups in total. The highest BCUT2D eigenvalue weighted by Gasteiger charge is 2.55. The van der Waals surface area contributed by atoms with Crippen molar-refractivity contribution in [3.05, 3.63) is 29.8 Å². The summed E-state index contributed by atoms with van der Waals surface area (Å²) in [5.41, 5.74) is 1.12. The van der Waals surface area contributed by atoms with Gasteiger partial charge in [0.25, 0.3) is 5.91 Å². The normalized spacial score (nSPS) is 31.6. The molecule has 8 heteroatoms. The quantitative estimate of drug-likeness (QED) is 0.757. The zero-order valence-electron chi connectivity index (χ0n) is 17.9. The fourth-order valence-corrected chi connectivity index (χ4v) is 6.00. The number of anilines is 1. The number of rotatable bonds is 2. The second-order valence-corrected chi connectivity index (χ2v) is 9.19. The second kappa shape index (κ2) is 7.73. The fourth-order valence-electron chi connectivity index (χ4n) is 6.00. The maximum atomic E-state index is 13.4. The van der Waals surface area contributed by atoms with Crippen molar-refractivity contribution in [2.45, 2.75) is 38.3 Å². The van der Waals surface area contributed by atoms with Gasteiger partial charge in [-0.25, -0.2) is 4.79 Å². The first-order chi connectivity index (χ1) is 15.0. The summed E-state index contributed by atoms with van der Waals surface area (Å²) in [6.45, 7) is 4.30. The van der Waals surface area contributed by atoms with Crippen molar-refractivity contribution in [1.29, 1.82) is 0 Å². The van der Waals surface area contributed by atoms with Gasteiger partial charge in [0.15, 0.2) is 0 Å². The molecule has 4 atom stereocenters. The van der Waals surface area contributed by atoms with E-state index in [0.717, 1.165) is 31.4 Å². The molecule has 31 heavy (non-hydrogen) atoms. The van der Waals surface area contributed by atoms with Gasteiger partial charge in [-0.2, -0.15) is 0 Å². The van der Waals surface area contributed by atoms with Gasteiger partial charge >= 0.3 is 6.09 Å². The van der Waals surface area contributed by atoms with Gasteiger partial charge in [-0.05, 0) is 50.7 Å². The molecule has 1 saturated heterocycles. The number of ether oxygens (including phenoxy) is 1. The highest BCUT2D eigenvalue weighted by atomic mass is 16.6. The topological polar surface area (TPSA) is 91.0 Å². The van der Waals surface area contributed by atoms with Crippen molar-refractivity contribution < 1.29 is 19.1 Å². The van der Waals surface area contributed by atoms with Crippen LogP contribution < -0.4 is 10.6 Å². The molecule has 2 bridgehead atoms. The van der Waals surface area contributed by atoms with Crippen molar-refractivity contribution >= 4 is 23.6 Å². The van der Waals surface area contributed by atoms with E-state index in [-0.39, 0.29) is 35.7 Å². The minimum Gasteiger partial charge on any atom is -0.450 e. The van der Waals surface area contributed by atoms with Gasteiger partial charge in [-0.3, -0.25) is 9.59 Å². The zero-order valence-corrected chi connectivity index (χ0v) is 17.9. The number of hydrogen-bond donors (Lipinski definition) is 2. The van der Waals surface area contributed by atoms with Crippen LogP contribution >= 0.6 is 0 Å². The Morgan fingerprint density at radius 2 is 1.84 bits per heavy atom. The number of benzene rings is 1. The molecule has 3 aliphatic carbocycles. The van der Waals surface area contributed by atoms with E-state index in [9.17, 15) is 14.4 Å². The van der Waals surface area contributed by atoms with Gasteiger partial charge < -0.3 is 25.2 Å². The van der Waals surface area contributed by atoms with Crippen LogP contribution in [0.25, 0.3) is 0 Å². The number of hydrogen-bond acceptors (Lipinski definition) is 5. The number of para-hydroxylation sites is 1. The molecular weight excluding hydrogens is 396 g/mol. The number of fused-ring (bicyclic) bond motifs is 3. The SMILES string of the molecule is CCOC(=O)N1CCN(C(=O)[C@H]2C[C@H]3CC[C@H]2C[C@@]32NC(=O)c3ccccc3N2)CC1. The van der Waals surface area contributed by atoms with E-state index in [4.69, 9.17) is 4.74 Å². The van der Waals surface area contributed by atoms with E-state index in [0.29, 0.717) is 38.3 Å². The second-order valence-electron chi connectivity index (χ2n) is 9.19. The average Bonchev–Trinajstić information content (AvgIpc) is 2.79. The molecule has 0 radical (unpaired) electrons. The minimum atomic E-state index is -0.451. The smallest absolute Gasteiger partial charge is 0.409 e. The van der Waals surface area contributed by atoms with Crippen LogP contribution in [0.3, 0.4) is 0 Å². The lowest BCUT2D eigenvalue weighted by Gasteiger charge is -2.57. The van der Waals surface area contributed by atoms with Crippen molar-refractivity contribution in [1.82, 2.24) is 15.1 Å². The van der Waals surface area contributed by atoms with Crippen LogP contribution in [0.1, 0.15) is 43.0 Å². The van der Waals surface area contributed by atoms with Gasteiger partial charge in [-0.15, -0.1) is 0 Å². The molecule has 0 unspecified atom stereocenters. The van der Waals surface area contributed by atoms with E-state index in [2.05, 4.69) is 10.6 Å².